The van der Waals surface area contributed by atoms with Gasteiger partial charge in [0.05, 0.1) is 23.9 Å². The maximum Gasteiger partial charge on any atom is 0.347 e. The number of carbonyl (C=O) groups is 2. The van der Waals surface area contributed by atoms with Gasteiger partial charge in [0.1, 0.15) is 15.6 Å². The Bertz CT molecular complexity index is 944. The number of oxazole rings is 1. The SMILES string of the molecule is Cc1nc(C(C)NC(=O)Cc2nc(-c3ccsc3)oc2C)sc1C(=O)O. The van der Waals surface area contributed by atoms with E-state index in [0.717, 1.165) is 16.9 Å². The van der Waals surface area contributed by atoms with E-state index in [2.05, 4.69) is 15.3 Å². The molecule has 3 rings (SSSR count). The van der Waals surface area contributed by atoms with Crippen molar-refractivity contribution in [2.24, 2.45) is 0 Å². The number of amides is 1. The molecular weight excluding hydrogens is 374 g/mol. The normalized spacial score (nSPS) is 12.1. The topological polar surface area (TPSA) is 105 Å². The molecule has 3 heterocycles. The molecule has 3 aromatic rings. The van der Waals surface area contributed by atoms with Crippen LogP contribution in [0.2, 0.25) is 0 Å². The van der Waals surface area contributed by atoms with E-state index in [1.807, 2.05) is 16.8 Å². The number of thiophene rings is 1. The smallest absolute Gasteiger partial charge is 0.347 e. The second-order valence-electron chi connectivity index (χ2n) is 5.77. The minimum atomic E-state index is -1.01. The molecule has 0 radical (unpaired) electrons. The Hall–Kier alpha value is -2.52. The van der Waals surface area contributed by atoms with Gasteiger partial charge in [-0.15, -0.1) is 11.3 Å². The number of rotatable bonds is 6. The van der Waals surface area contributed by atoms with Crippen molar-refractivity contribution in [2.75, 3.05) is 0 Å². The number of carboxylic acid groups (broad SMARTS) is 1. The van der Waals surface area contributed by atoms with Crippen molar-refractivity contribution >= 4 is 34.6 Å². The first-order chi connectivity index (χ1) is 12.3. The Morgan fingerprint density at radius 2 is 2.12 bits per heavy atom. The molecule has 0 aromatic carbocycles. The number of aryl methyl sites for hydroxylation is 2. The molecule has 136 valence electrons. The molecule has 0 saturated heterocycles. The quantitative estimate of drug-likeness (QED) is 0.665. The van der Waals surface area contributed by atoms with Crippen molar-refractivity contribution in [3.63, 3.8) is 0 Å². The zero-order valence-corrected chi connectivity index (χ0v) is 16.0. The summed E-state index contributed by atoms with van der Waals surface area (Å²) in [5.74, 6) is -0.132. The Kier molecular flexibility index (Phi) is 5.19. The van der Waals surface area contributed by atoms with E-state index >= 15 is 0 Å². The highest BCUT2D eigenvalue weighted by Gasteiger charge is 2.21. The van der Waals surface area contributed by atoms with Gasteiger partial charge in [0.15, 0.2) is 0 Å². The van der Waals surface area contributed by atoms with Crippen LogP contribution in [-0.2, 0) is 11.2 Å². The average molecular weight is 391 g/mol. The summed E-state index contributed by atoms with van der Waals surface area (Å²) in [5.41, 5.74) is 1.92. The summed E-state index contributed by atoms with van der Waals surface area (Å²) in [7, 11) is 0. The summed E-state index contributed by atoms with van der Waals surface area (Å²) < 4.78 is 5.63. The molecule has 1 atom stereocenters. The number of thiazole rings is 1. The van der Waals surface area contributed by atoms with Crippen LogP contribution in [-0.4, -0.2) is 27.0 Å². The van der Waals surface area contributed by atoms with Gasteiger partial charge in [-0.2, -0.15) is 11.3 Å². The van der Waals surface area contributed by atoms with Gasteiger partial charge in [-0.05, 0) is 32.2 Å². The predicted octanol–water partition coefficient (Wildman–Crippen LogP) is 3.59. The second kappa shape index (κ2) is 7.38. The summed E-state index contributed by atoms with van der Waals surface area (Å²) in [6, 6.07) is 1.52. The number of nitrogens with zero attached hydrogens (tertiary/aromatic N) is 2. The van der Waals surface area contributed by atoms with Crippen molar-refractivity contribution in [3.8, 4) is 11.5 Å². The number of nitrogens with one attached hydrogen (secondary N) is 1. The van der Waals surface area contributed by atoms with Crippen molar-refractivity contribution in [2.45, 2.75) is 33.2 Å². The van der Waals surface area contributed by atoms with Gasteiger partial charge in [-0.3, -0.25) is 4.79 Å². The van der Waals surface area contributed by atoms with Crippen LogP contribution >= 0.6 is 22.7 Å². The molecule has 0 spiro atoms. The molecule has 0 fully saturated rings. The zero-order chi connectivity index (χ0) is 18.8. The Balaban J connectivity index is 1.67. The molecule has 1 amide bonds. The fourth-order valence-electron chi connectivity index (χ4n) is 2.41. The highest BCUT2D eigenvalue weighted by Crippen LogP contribution is 2.25. The fourth-order valence-corrected chi connectivity index (χ4v) is 3.95. The number of aromatic nitrogens is 2. The molecule has 1 unspecified atom stereocenters. The van der Waals surface area contributed by atoms with Gasteiger partial charge in [0.25, 0.3) is 0 Å². The Morgan fingerprint density at radius 3 is 2.73 bits per heavy atom. The molecule has 0 aliphatic carbocycles. The third kappa shape index (κ3) is 3.83. The second-order valence-corrected chi connectivity index (χ2v) is 7.58. The molecular formula is C17H17N3O4S2. The first-order valence-electron chi connectivity index (χ1n) is 7.84. The monoisotopic (exact) mass is 391 g/mol. The van der Waals surface area contributed by atoms with Gasteiger partial charge in [0, 0.05) is 10.9 Å². The lowest BCUT2D eigenvalue weighted by atomic mass is 10.2. The van der Waals surface area contributed by atoms with Crippen LogP contribution in [0.4, 0.5) is 0 Å². The summed E-state index contributed by atoms with van der Waals surface area (Å²) >= 11 is 2.62. The molecule has 3 aromatic heterocycles. The van der Waals surface area contributed by atoms with Crippen LogP contribution in [0.3, 0.4) is 0 Å². The van der Waals surface area contributed by atoms with Gasteiger partial charge in [0.2, 0.25) is 11.8 Å². The largest absolute Gasteiger partial charge is 0.477 e. The van der Waals surface area contributed by atoms with Crippen LogP contribution in [0.1, 0.15) is 44.8 Å². The minimum absolute atomic E-state index is 0.0833. The third-order valence-corrected chi connectivity index (χ3v) is 5.76. The predicted molar refractivity (Wildman–Crippen MR) is 98.6 cm³/mol. The summed E-state index contributed by atoms with van der Waals surface area (Å²) in [4.78, 5) is 32.3. The van der Waals surface area contributed by atoms with Crippen LogP contribution in [0.25, 0.3) is 11.5 Å². The molecule has 0 bridgehead atoms. The number of hydrogen-bond donors (Lipinski definition) is 2. The number of carboxylic acids is 1. The van der Waals surface area contributed by atoms with Gasteiger partial charge in [-0.25, -0.2) is 14.8 Å². The van der Waals surface area contributed by atoms with Gasteiger partial charge in [-0.1, -0.05) is 0 Å². The summed E-state index contributed by atoms with van der Waals surface area (Å²) in [5, 5.41) is 16.4. The maximum absolute atomic E-state index is 12.3. The Morgan fingerprint density at radius 1 is 1.35 bits per heavy atom. The van der Waals surface area contributed by atoms with Crippen molar-refractivity contribution < 1.29 is 19.1 Å². The number of carbonyl (C=O) groups excluding carboxylic acids is 1. The van der Waals surface area contributed by atoms with E-state index in [1.165, 1.54) is 0 Å². The van der Waals surface area contributed by atoms with E-state index in [4.69, 9.17) is 9.52 Å². The summed E-state index contributed by atoms with van der Waals surface area (Å²) in [6.07, 6.45) is 0.0833. The third-order valence-electron chi connectivity index (χ3n) is 3.74. The van der Waals surface area contributed by atoms with E-state index in [-0.39, 0.29) is 23.2 Å². The van der Waals surface area contributed by atoms with Crippen LogP contribution < -0.4 is 5.32 Å². The lowest BCUT2D eigenvalue weighted by molar-refractivity contribution is -0.121. The van der Waals surface area contributed by atoms with Crippen molar-refractivity contribution in [1.29, 1.82) is 0 Å². The first kappa shape index (κ1) is 18.3. The van der Waals surface area contributed by atoms with E-state index in [1.54, 1.807) is 32.1 Å². The molecule has 2 N–H and O–H groups in total. The molecule has 7 nitrogen and oxygen atoms in total. The van der Waals surface area contributed by atoms with E-state index in [9.17, 15) is 9.59 Å². The lowest BCUT2D eigenvalue weighted by Crippen LogP contribution is -2.28. The highest BCUT2D eigenvalue weighted by atomic mass is 32.1. The van der Waals surface area contributed by atoms with E-state index in [0.29, 0.717) is 28.0 Å². The summed E-state index contributed by atoms with van der Waals surface area (Å²) in [6.45, 7) is 5.19. The van der Waals surface area contributed by atoms with Gasteiger partial charge < -0.3 is 14.8 Å². The molecule has 0 aliphatic heterocycles. The van der Waals surface area contributed by atoms with Crippen LogP contribution in [0.5, 0.6) is 0 Å². The fraction of sp³-hybridized carbons (Fsp3) is 0.294. The molecule has 0 saturated carbocycles. The number of aromatic carboxylic acids is 1. The standard InChI is InChI=1S/C17H17N3O4S2/c1-8-14(17(22)23)26-16(19-8)9(2)18-13(21)6-12-10(3)24-15(20-12)11-4-5-25-7-11/h4-5,7,9H,6H2,1-3H3,(H,18,21)(H,22,23). The van der Waals surface area contributed by atoms with Crippen molar-refractivity contribution in [3.05, 3.63) is 43.9 Å². The minimum Gasteiger partial charge on any atom is -0.477 e. The first-order valence-corrected chi connectivity index (χ1v) is 9.60. The molecule has 0 aliphatic rings. The zero-order valence-electron chi connectivity index (χ0n) is 14.4. The van der Waals surface area contributed by atoms with E-state index < -0.39 is 5.97 Å². The molecule has 26 heavy (non-hydrogen) atoms. The maximum atomic E-state index is 12.3. The Labute approximate surface area is 157 Å². The van der Waals surface area contributed by atoms with Crippen molar-refractivity contribution in [1.82, 2.24) is 15.3 Å². The average Bonchev–Trinajstić information content (AvgIpc) is 3.27. The molecule has 9 heteroatoms. The lowest BCUT2D eigenvalue weighted by Gasteiger charge is -2.10. The van der Waals surface area contributed by atoms with Gasteiger partial charge >= 0.3 is 5.97 Å². The van der Waals surface area contributed by atoms with Crippen LogP contribution in [0, 0.1) is 13.8 Å². The number of hydrogen-bond acceptors (Lipinski definition) is 7. The van der Waals surface area contributed by atoms with Crippen LogP contribution in [0.15, 0.2) is 21.2 Å². The highest BCUT2D eigenvalue weighted by molar-refractivity contribution is 7.13.